The quantitative estimate of drug-likeness (QED) is 0.284. The average molecular weight is 553 g/mol. The van der Waals surface area contributed by atoms with Crippen LogP contribution in [0.25, 0.3) is 6.08 Å². The molecule has 0 spiro atoms. The molecule has 0 bridgehead atoms. The van der Waals surface area contributed by atoms with Crippen LogP contribution in [0.3, 0.4) is 0 Å². The molecule has 0 aliphatic carbocycles. The summed E-state index contributed by atoms with van der Waals surface area (Å²) in [5, 5.41) is 12.0. The van der Waals surface area contributed by atoms with E-state index in [1.165, 1.54) is 0 Å². The number of methoxy groups -OCH3 is 1. The van der Waals surface area contributed by atoms with Gasteiger partial charge >= 0.3 is 5.97 Å². The number of allylic oxidation sites excluding steroid dienone is 1. The van der Waals surface area contributed by atoms with E-state index in [0.717, 1.165) is 36.1 Å². The molecule has 2 N–H and O–H groups in total. The van der Waals surface area contributed by atoms with E-state index in [1.807, 2.05) is 24.3 Å². The highest BCUT2D eigenvalue weighted by Crippen LogP contribution is 2.25. The van der Waals surface area contributed by atoms with E-state index in [0.29, 0.717) is 63.6 Å². The molecular formula is C31H40N2O7. The van der Waals surface area contributed by atoms with Crippen molar-refractivity contribution in [3.8, 4) is 11.5 Å². The number of unbranched alkanes of at least 4 members (excludes halogenated alkanes) is 2. The first-order valence-corrected chi connectivity index (χ1v) is 13.9. The van der Waals surface area contributed by atoms with Crippen LogP contribution in [0.5, 0.6) is 11.5 Å². The molecule has 2 aromatic carbocycles. The van der Waals surface area contributed by atoms with Crippen LogP contribution in [0.2, 0.25) is 0 Å². The highest BCUT2D eigenvalue weighted by Gasteiger charge is 2.17. The van der Waals surface area contributed by atoms with Crippen LogP contribution in [0.15, 0.2) is 48.5 Å². The third kappa shape index (κ3) is 11.1. The van der Waals surface area contributed by atoms with Gasteiger partial charge in [0.15, 0.2) is 0 Å². The summed E-state index contributed by atoms with van der Waals surface area (Å²) in [6.07, 6.45) is 8.23. The number of carboxylic acid groups (broad SMARTS) is 1. The van der Waals surface area contributed by atoms with E-state index in [2.05, 4.69) is 17.5 Å². The monoisotopic (exact) mass is 552 g/mol. The van der Waals surface area contributed by atoms with Gasteiger partial charge in [-0.25, -0.2) is 0 Å². The van der Waals surface area contributed by atoms with E-state index in [4.69, 9.17) is 19.3 Å². The summed E-state index contributed by atoms with van der Waals surface area (Å²) >= 11 is 0. The SMILES string of the molecule is COc1ccc(C=CCCCCOc2ccc(NC(=O)CCCC(=O)N3CCOCC3)cc2CCC(=O)O)cc1. The van der Waals surface area contributed by atoms with Gasteiger partial charge in [-0.2, -0.15) is 0 Å². The first-order chi connectivity index (χ1) is 19.4. The van der Waals surface area contributed by atoms with Crippen molar-refractivity contribution in [3.63, 3.8) is 0 Å². The topological polar surface area (TPSA) is 114 Å². The molecule has 2 amide bonds. The van der Waals surface area contributed by atoms with E-state index in [1.54, 1.807) is 30.2 Å². The zero-order chi connectivity index (χ0) is 28.6. The van der Waals surface area contributed by atoms with Crippen LogP contribution in [0, 0.1) is 0 Å². The van der Waals surface area contributed by atoms with Gasteiger partial charge < -0.3 is 29.5 Å². The average Bonchev–Trinajstić information content (AvgIpc) is 2.97. The third-order valence-corrected chi connectivity index (χ3v) is 6.56. The second kappa shape index (κ2) is 17.0. The number of aryl methyl sites for hydroxylation is 1. The number of aliphatic carboxylic acids is 1. The largest absolute Gasteiger partial charge is 0.497 e. The van der Waals surface area contributed by atoms with E-state index in [9.17, 15) is 14.4 Å². The number of nitrogens with one attached hydrogen (secondary N) is 1. The van der Waals surface area contributed by atoms with Crippen LogP contribution in [0.4, 0.5) is 5.69 Å². The van der Waals surface area contributed by atoms with Gasteiger partial charge in [-0.15, -0.1) is 0 Å². The Hall–Kier alpha value is -3.85. The van der Waals surface area contributed by atoms with Crippen molar-refractivity contribution in [2.45, 2.75) is 51.4 Å². The molecule has 216 valence electrons. The van der Waals surface area contributed by atoms with Crippen molar-refractivity contribution in [3.05, 3.63) is 59.7 Å². The molecule has 1 fully saturated rings. The molecule has 2 aromatic rings. The second-order valence-corrected chi connectivity index (χ2v) is 9.63. The standard InChI is InChI=1S/C31H40N2O7/c1-38-27-14-10-24(11-15-27)7-4-2-3-5-20-40-28-16-13-26(23-25(28)12-17-31(36)37)32-29(34)8-6-9-30(35)33-18-21-39-22-19-33/h4,7,10-11,13-16,23H,2-3,5-6,8-9,12,17-22H2,1H3,(H,32,34)(H,36,37). The number of carbonyl (C=O) groups is 3. The number of hydrogen-bond acceptors (Lipinski definition) is 6. The highest BCUT2D eigenvalue weighted by molar-refractivity contribution is 5.91. The second-order valence-electron chi connectivity index (χ2n) is 9.63. The summed E-state index contributed by atoms with van der Waals surface area (Å²) in [6.45, 7) is 2.82. The number of hydrogen-bond donors (Lipinski definition) is 2. The number of amides is 2. The van der Waals surface area contributed by atoms with Crippen LogP contribution >= 0.6 is 0 Å². The number of ether oxygens (including phenoxy) is 3. The predicted octanol–water partition coefficient (Wildman–Crippen LogP) is 4.94. The van der Waals surface area contributed by atoms with Crippen molar-refractivity contribution < 1.29 is 33.7 Å². The van der Waals surface area contributed by atoms with Crippen molar-refractivity contribution in [2.75, 3.05) is 45.3 Å². The van der Waals surface area contributed by atoms with Crippen molar-refractivity contribution in [1.29, 1.82) is 0 Å². The van der Waals surface area contributed by atoms with Crippen LogP contribution in [-0.4, -0.2) is 67.8 Å². The smallest absolute Gasteiger partial charge is 0.303 e. The summed E-state index contributed by atoms with van der Waals surface area (Å²) in [5.74, 6) is 0.426. The van der Waals surface area contributed by atoms with Gasteiger partial charge in [-0.05, 0) is 73.6 Å². The summed E-state index contributed by atoms with van der Waals surface area (Å²) in [5.41, 5.74) is 2.44. The number of nitrogens with zero attached hydrogens (tertiary/aromatic N) is 1. The van der Waals surface area contributed by atoms with Crippen molar-refractivity contribution in [2.24, 2.45) is 0 Å². The first-order valence-electron chi connectivity index (χ1n) is 13.9. The number of anilines is 1. The van der Waals surface area contributed by atoms with Crippen LogP contribution < -0.4 is 14.8 Å². The van der Waals surface area contributed by atoms with Gasteiger partial charge in [-0.1, -0.05) is 24.3 Å². The molecule has 1 aliphatic heterocycles. The Bertz CT molecular complexity index is 1130. The highest BCUT2D eigenvalue weighted by atomic mass is 16.5. The maximum atomic E-state index is 12.5. The van der Waals surface area contributed by atoms with Crippen LogP contribution in [0.1, 0.15) is 56.1 Å². The van der Waals surface area contributed by atoms with E-state index >= 15 is 0 Å². The molecule has 1 heterocycles. The number of carbonyl (C=O) groups excluding carboxylic acids is 2. The molecule has 9 heteroatoms. The first kappa shape index (κ1) is 30.7. The van der Waals surface area contributed by atoms with Gasteiger partial charge in [0.2, 0.25) is 11.8 Å². The van der Waals surface area contributed by atoms with E-state index in [-0.39, 0.29) is 24.7 Å². The fourth-order valence-corrected chi connectivity index (χ4v) is 4.31. The molecule has 0 radical (unpaired) electrons. The summed E-state index contributed by atoms with van der Waals surface area (Å²) in [4.78, 5) is 37.7. The Morgan fingerprint density at radius 2 is 1.77 bits per heavy atom. The Balaban J connectivity index is 1.42. The summed E-state index contributed by atoms with van der Waals surface area (Å²) < 4.78 is 16.4. The molecule has 1 aliphatic rings. The fraction of sp³-hybridized carbons (Fsp3) is 0.452. The molecule has 0 atom stereocenters. The number of benzene rings is 2. The van der Waals surface area contributed by atoms with Gasteiger partial charge in [0.05, 0.1) is 26.9 Å². The summed E-state index contributed by atoms with van der Waals surface area (Å²) in [7, 11) is 1.65. The van der Waals surface area contributed by atoms with Gasteiger partial charge in [0.25, 0.3) is 0 Å². The maximum Gasteiger partial charge on any atom is 0.303 e. The Morgan fingerprint density at radius 1 is 1.00 bits per heavy atom. The van der Waals surface area contributed by atoms with Gasteiger partial charge in [0.1, 0.15) is 11.5 Å². The zero-order valence-electron chi connectivity index (χ0n) is 23.2. The Labute approximate surface area is 236 Å². The molecule has 0 unspecified atom stereocenters. The molecular weight excluding hydrogens is 512 g/mol. The Kier molecular flexibility index (Phi) is 13.0. The fourth-order valence-electron chi connectivity index (χ4n) is 4.31. The number of rotatable bonds is 16. The lowest BCUT2D eigenvalue weighted by Gasteiger charge is -2.26. The lowest BCUT2D eigenvalue weighted by molar-refractivity contribution is -0.137. The zero-order valence-corrected chi connectivity index (χ0v) is 23.2. The molecule has 40 heavy (non-hydrogen) atoms. The molecule has 0 aromatic heterocycles. The lowest BCUT2D eigenvalue weighted by Crippen LogP contribution is -2.40. The lowest BCUT2D eigenvalue weighted by atomic mass is 10.1. The number of carboxylic acids is 1. The van der Waals surface area contributed by atoms with Crippen molar-refractivity contribution in [1.82, 2.24) is 4.90 Å². The third-order valence-electron chi connectivity index (χ3n) is 6.56. The maximum absolute atomic E-state index is 12.5. The van der Waals surface area contributed by atoms with Gasteiger partial charge in [-0.3, -0.25) is 14.4 Å². The summed E-state index contributed by atoms with van der Waals surface area (Å²) in [6, 6.07) is 13.2. The molecule has 1 saturated heterocycles. The van der Waals surface area contributed by atoms with E-state index < -0.39 is 5.97 Å². The minimum atomic E-state index is -0.894. The normalized spacial score (nSPS) is 13.3. The predicted molar refractivity (Wildman–Crippen MR) is 154 cm³/mol. The molecule has 9 nitrogen and oxygen atoms in total. The Morgan fingerprint density at radius 3 is 2.50 bits per heavy atom. The molecule has 3 rings (SSSR count). The minimum absolute atomic E-state index is 0.0342. The van der Waals surface area contributed by atoms with Gasteiger partial charge in [0, 0.05) is 38.0 Å². The number of morpholine rings is 1. The molecule has 0 saturated carbocycles. The minimum Gasteiger partial charge on any atom is -0.497 e. The van der Waals surface area contributed by atoms with Crippen LogP contribution in [-0.2, 0) is 25.5 Å². The van der Waals surface area contributed by atoms with Crippen molar-refractivity contribution >= 4 is 29.5 Å².